The van der Waals surface area contributed by atoms with Crippen molar-refractivity contribution in [3.05, 3.63) is 71.3 Å². The van der Waals surface area contributed by atoms with Gasteiger partial charge in [-0.3, -0.25) is 4.79 Å². The molecule has 1 fully saturated rings. The molecule has 0 saturated carbocycles. The van der Waals surface area contributed by atoms with Crippen LogP contribution in [0.15, 0.2) is 59.3 Å². The molecule has 0 aliphatic carbocycles. The fourth-order valence-electron chi connectivity index (χ4n) is 4.46. The largest absolute Gasteiger partial charge is 0.424 e. The summed E-state index contributed by atoms with van der Waals surface area (Å²) in [6, 6.07) is 11.3. The van der Waals surface area contributed by atoms with Crippen LogP contribution < -0.4 is 5.32 Å². The van der Waals surface area contributed by atoms with Crippen molar-refractivity contribution in [3.63, 3.8) is 0 Å². The van der Waals surface area contributed by atoms with E-state index in [9.17, 15) is 9.18 Å². The Bertz CT molecular complexity index is 1330. The Hall–Kier alpha value is -3.52. The lowest BCUT2D eigenvalue weighted by atomic mass is 9.89. The third-order valence-corrected chi connectivity index (χ3v) is 6.44. The number of piperidine rings is 1. The van der Waals surface area contributed by atoms with Crippen LogP contribution in [-0.2, 0) is 0 Å². The van der Waals surface area contributed by atoms with Crippen LogP contribution in [0.4, 0.5) is 10.4 Å². The molecule has 4 aromatic rings. The van der Waals surface area contributed by atoms with Crippen LogP contribution >= 0.6 is 11.6 Å². The quantitative estimate of drug-likeness (QED) is 0.411. The molecule has 1 saturated heterocycles. The number of fused-ring (bicyclic) bond motifs is 1. The second-order valence-corrected chi connectivity index (χ2v) is 8.90. The lowest BCUT2D eigenvalue weighted by molar-refractivity contribution is 0.0539. The summed E-state index contributed by atoms with van der Waals surface area (Å²) in [5.74, 6) is -0.109. The number of anilines is 1. The molecule has 1 aliphatic rings. The van der Waals surface area contributed by atoms with Gasteiger partial charge in [0.05, 0.1) is 11.6 Å². The average molecular weight is 480 g/mol. The molecule has 7 nitrogen and oxygen atoms in total. The number of hydrogen-bond donors (Lipinski definition) is 1. The molecule has 0 unspecified atom stereocenters. The van der Waals surface area contributed by atoms with Crippen LogP contribution in [0.25, 0.3) is 22.5 Å². The number of nitrogens with zero attached hydrogens (tertiary/aromatic N) is 4. The van der Waals surface area contributed by atoms with Crippen molar-refractivity contribution in [3.8, 4) is 11.4 Å². The third kappa shape index (κ3) is 4.46. The molecular weight excluding hydrogens is 457 g/mol. The van der Waals surface area contributed by atoms with Gasteiger partial charge in [0.1, 0.15) is 11.3 Å². The van der Waals surface area contributed by atoms with Gasteiger partial charge in [-0.05, 0) is 55.2 Å². The number of rotatable bonds is 5. The first kappa shape index (κ1) is 22.3. The van der Waals surface area contributed by atoms with E-state index in [4.69, 9.17) is 16.0 Å². The highest BCUT2D eigenvalue weighted by Crippen LogP contribution is 2.29. The lowest BCUT2D eigenvalue weighted by Crippen LogP contribution is -2.51. The molecule has 2 aromatic carbocycles. The van der Waals surface area contributed by atoms with E-state index in [1.165, 1.54) is 12.1 Å². The molecule has 1 N–H and O–H groups in total. The first-order valence-corrected chi connectivity index (χ1v) is 11.6. The second-order valence-electron chi connectivity index (χ2n) is 8.46. The van der Waals surface area contributed by atoms with E-state index in [0.29, 0.717) is 46.6 Å². The summed E-state index contributed by atoms with van der Waals surface area (Å²) in [5.41, 5.74) is 2.05. The zero-order valence-electron chi connectivity index (χ0n) is 18.5. The number of likely N-dealkylation sites (tertiary alicyclic amines) is 1. The molecule has 2 aromatic heterocycles. The number of nitrogens with one attached hydrogen (secondary N) is 1. The number of carbonyl (C=O) groups excluding carboxylic acids is 1. The molecule has 1 aliphatic heterocycles. The summed E-state index contributed by atoms with van der Waals surface area (Å²) in [6.07, 6.45) is 5.06. The summed E-state index contributed by atoms with van der Waals surface area (Å²) in [5, 5.41) is 3.80. The van der Waals surface area contributed by atoms with Gasteiger partial charge < -0.3 is 14.6 Å². The highest BCUT2D eigenvalue weighted by Gasteiger charge is 2.34. The monoisotopic (exact) mass is 479 g/mol. The summed E-state index contributed by atoms with van der Waals surface area (Å²) >= 11 is 6.04. The highest BCUT2D eigenvalue weighted by molar-refractivity contribution is 6.31. The Labute approximate surface area is 201 Å². The molecule has 0 spiro atoms. The lowest BCUT2D eigenvalue weighted by Gasteiger charge is -2.40. The van der Waals surface area contributed by atoms with E-state index in [1.54, 1.807) is 42.7 Å². The SMILES string of the molecule is C[C@@H]1CCCN(C(=O)c2cc(F)ccc2-c2ncccn2)[C@@H]1CNc1nc2ccc(Cl)cc2o1. The Balaban J connectivity index is 1.41. The Kier molecular flexibility index (Phi) is 6.15. The maximum absolute atomic E-state index is 14.2. The molecular formula is C25H23ClFN5O2. The van der Waals surface area contributed by atoms with E-state index in [1.807, 2.05) is 4.90 Å². The van der Waals surface area contributed by atoms with Crippen LogP contribution in [0, 0.1) is 11.7 Å². The second kappa shape index (κ2) is 9.38. The summed E-state index contributed by atoms with van der Waals surface area (Å²) in [4.78, 5) is 28.5. The topological polar surface area (TPSA) is 84.2 Å². The van der Waals surface area contributed by atoms with Gasteiger partial charge >= 0.3 is 0 Å². The van der Waals surface area contributed by atoms with Gasteiger partial charge in [0.2, 0.25) is 0 Å². The standard InChI is InChI=1S/C25H23ClFN5O2/c1-15-4-2-11-32(21(15)14-30-25-31-20-8-5-16(26)12-22(20)34-25)24(33)19-13-17(27)6-7-18(19)23-28-9-3-10-29-23/h3,5-10,12-13,15,21H,2,4,11,14H2,1H3,(H,30,31)/t15-,21-/m1/s1. The summed E-state index contributed by atoms with van der Waals surface area (Å²) in [7, 11) is 0. The van der Waals surface area contributed by atoms with Gasteiger partial charge in [-0.15, -0.1) is 0 Å². The van der Waals surface area contributed by atoms with Crippen molar-refractivity contribution in [1.82, 2.24) is 19.9 Å². The van der Waals surface area contributed by atoms with Gasteiger partial charge in [-0.1, -0.05) is 18.5 Å². The zero-order chi connectivity index (χ0) is 23.7. The third-order valence-electron chi connectivity index (χ3n) is 6.21. The molecule has 0 radical (unpaired) electrons. The van der Waals surface area contributed by atoms with Gasteiger partial charge in [0, 0.05) is 42.1 Å². The maximum atomic E-state index is 14.2. The summed E-state index contributed by atoms with van der Waals surface area (Å²) in [6.45, 7) is 3.13. The van der Waals surface area contributed by atoms with Gasteiger partial charge in [0.25, 0.3) is 11.9 Å². The minimum Gasteiger partial charge on any atom is -0.424 e. The number of aromatic nitrogens is 3. The number of amides is 1. The van der Waals surface area contributed by atoms with Crippen LogP contribution in [-0.4, -0.2) is 44.9 Å². The van der Waals surface area contributed by atoms with Crippen LogP contribution in [0.1, 0.15) is 30.1 Å². The number of carbonyl (C=O) groups is 1. The average Bonchev–Trinajstić information content (AvgIpc) is 3.25. The molecule has 2 atom stereocenters. The molecule has 9 heteroatoms. The fourth-order valence-corrected chi connectivity index (χ4v) is 4.62. The van der Waals surface area contributed by atoms with E-state index >= 15 is 0 Å². The van der Waals surface area contributed by atoms with E-state index in [2.05, 4.69) is 27.2 Å². The Morgan fingerprint density at radius 3 is 2.88 bits per heavy atom. The smallest absolute Gasteiger partial charge is 0.295 e. The molecule has 1 amide bonds. The first-order chi connectivity index (χ1) is 16.5. The molecule has 3 heterocycles. The molecule has 174 valence electrons. The zero-order valence-corrected chi connectivity index (χ0v) is 19.3. The van der Waals surface area contributed by atoms with Crippen molar-refractivity contribution in [2.45, 2.75) is 25.8 Å². The molecule has 5 rings (SSSR count). The van der Waals surface area contributed by atoms with E-state index in [0.717, 1.165) is 12.8 Å². The van der Waals surface area contributed by atoms with Crippen molar-refractivity contribution in [2.75, 3.05) is 18.4 Å². The normalized spacial score (nSPS) is 18.3. The predicted molar refractivity (Wildman–Crippen MR) is 128 cm³/mol. The number of halogens is 2. The van der Waals surface area contributed by atoms with Gasteiger partial charge in [-0.25, -0.2) is 14.4 Å². The minimum absolute atomic E-state index is 0.132. The van der Waals surface area contributed by atoms with Crippen LogP contribution in [0.5, 0.6) is 0 Å². The number of oxazole rings is 1. The highest BCUT2D eigenvalue weighted by atomic mass is 35.5. The number of hydrogen-bond acceptors (Lipinski definition) is 6. The van der Waals surface area contributed by atoms with Crippen molar-refractivity contribution < 1.29 is 13.6 Å². The van der Waals surface area contributed by atoms with Crippen LogP contribution in [0.3, 0.4) is 0 Å². The molecule has 0 bridgehead atoms. The summed E-state index contributed by atoms with van der Waals surface area (Å²) < 4.78 is 20.0. The van der Waals surface area contributed by atoms with E-state index in [-0.39, 0.29) is 23.4 Å². The van der Waals surface area contributed by atoms with Crippen molar-refractivity contribution in [1.29, 1.82) is 0 Å². The predicted octanol–water partition coefficient (Wildman–Crippen LogP) is 5.43. The van der Waals surface area contributed by atoms with Gasteiger partial charge in [-0.2, -0.15) is 4.98 Å². The maximum Gasteiger partial charge on any atom is 0.295 e. The molecule has 34 heavy (non-hydrogen) atoms. The first-order valence-electron chi connectivity index (χ1n) is 11.2. The van der Waals surface area contributed by atoms with Crippen molar-refractivity contribution in [2.24, 2.45) is 5.92 Å². The number of benzene rings is 2. The van der Waals surface area contributed by atoms with E-state index < -0.39 is 5.82 Å². The minimum atomic E-state index is -0.479. The Morgan fingerprint density at radius 1 is 1.24 bits per heavy atom. The van der Waals surface area contributed by atoms with Gasteiger partial charge in [0.15, 0.2) is 11.4 Å². The Morgan fingerprint density at radius 2 is 2.06 bits per heavy atom. The van der Waals surface area contributed by atoms with Crippen molar-refractivity contribution >= 4 is 34.6 Å². The van der Waals surface area contributed by atoms with Crippen LogP contribution in [0.2, 0.25) is 5.02 Å². The fraction of sp³-hybridized carbons (Fsp3) is 0.280.